The van der Waals surface area contributed by atoms with Gasteiger partial charge in [0.25, 0.3) is 0 Å². The molecule has 3 aromatic rings. The molecule has 0 aromatic carbocycles. The average Bonchev–Trinajstić information content (AvgIpc) is 2.81. The fourth-order valence-corrected chi connectivity index (χ4v) is 2.93. The summed E-state index contributed by atoms with van der Waals surface area (Å²) in [5, 5.41) is 1.27. The zero-order chi connectivity index (χ0) is 14.8. The molecule has 106 valence electrons. The van der Waals surface area contributed by atoms with Crippen molar-refractivity contribution in [3.63, 3.8) is 0 Å². The van der Waals surface area contributed by atoms with Crippen LogP contribution in [0.1, 0.15) is 25.1 Å². The highest BCUT2D eigenvalue weighted by Crippen LogP contribution is 2.32. The average molecular weight is 277 g/mol. The topological polar surface area (TPSA) is 30.7 Å². The molecule has 0 saturated carbocycles. The van der Waals surface area contributed by atoms with Gasteiger partial charge in [0.2, 0.25) is 0 Å². The molecule has 3 aromatic heterocycles. The number of aromatic nitrogens is 3. The first-order valence-electron chi connectivity index (χ1n) is 7.28. The number of pyridine rings is 2. The van der Waals surface area contributed by atoms with Gasteiger partial charge in [0.15, 0.2) is 0 Å². The van der Waals surface area contributed by atoms with E-state index in [0.29, 0.717) is 0 Å². The molecule has 0 bridgehead atoms. The molecule has 0 spiro atoms. The summed E-state index contributed by atoms with van der Waals surface area (Å²) in [6.07, 6.45) is 8.95. The molecule has 0 N–H and O–H groups in total. The third kappa shape index (κ3) is 2.15. The minimum atomic E-state index is 0.915. The van der Waals surface area contributed by atoms with Crippen LogP contribution in [0, 0.1) is 0 Å². The predicted octanol–water partition coefficient (Wildman–Crippen LogP) is 4.23. The molecule has 0 saturated heterocycles. The van der Waals surface area contributed by atoms with Crippen LogP contribution < -0.4 is 0 Å². The van der Waals surface area contributed by atoms with Crippen molar-refractivity contribution < 1.29 is 0 Å². The van der Waals surface area contributed by atoms with E-state index in [4.69, 9.17) is 0 Å². The van der Waals surface area contributed by atoms with Crippen LogP contribution >= 0.6 is 0 Å². The van der Waals surface area contributed by atoms with Crippen molar-refractivity contribution in [2.24, 2.45) is 7.05 Å². The van der Waals surface area contributed by atoms with Crippen molar-refractivity contribution in [3.05, 3.63) is 54.0 Å². The Labute approximate surface area is 125 Å². The molecule has 0 aliphatic heterocycles. The van der Waals surface area contributed by atoms with E-state index in [9.17, 15) is 0 Å². The normalized spacial score (nSPS) is 11.6. The molecule has 3 nitrogen and oxygen atoms in total. The Bertz CT molecular complexity index is 798. The van der Waals surface area contributed by atoms with E-state index in [1.807, 2.05) is 30.6 Å². The van der Waals surface area contributed by atoms with Crippen LogP contribution in [0.25, 0.3) is 28.4 Å². The first-order valence-corrected chi connectivity index (χ1v) is 7.28. The minimum Gasteiger partial charge on any atom is -0.342 e. The largest absolute Gasteiger partial charge is 0.342 e. The van der Waals surface area contributed by atoms with Crippen LogP contribution in [-0.4, -0.2) is 14.5 Å². The van der Waals surface area contributed by atoms with Gasteiger partial charge in [-0.3, -0.25) is 9.97 Å². The zero-order valence-corrected chi connectivity index (χ0v) is 12.7. The summed E-state index contributed by atoms with van der Waals surface area (Å²) in [4.78, 5) is 9.04. The summed E-state index contributed by atoms with van der Waals surface area (Å²) in [7, 11) is 2.10. The number of aryl methyl sites for hydroxylation is 2. The Hall–Kier alpha value is -2.42. The highest BCUT2D eigenvalue weighted by Gasteiger charge is 2.16. The predicted molar refractivity (Wildman–Crippen MR) is 88.0 cm³/mol. The van der Waals surface area contributed by atoms with Gasteiger partial charge in [0.05, 0.1) is 11.2 Å². The Morgan fingerprint density at radius 2 is 2.00 bits per heavy atom. The molecule has 0 unspecified atom stereocenters. The number of hydrogen-bond acceptors (Lipinski definition) is 2. The van der Waals surface area contributed by atoms with Crippen molar-refractivity contribution in [2.45, 2.75) is 20.3 Å². The van der Waals surface area contributed by atoms with E-state index in [0.717, 1.165) is 23.3 Å². The third-order valence-corrected chi connectivity index (χ3v) is 3.84. The molecule has 0 atom stereocenters. The SMILES string of the molecule is C/C=C\c1c(CC)c2ccnc(-c3ccccn3)c2n1C. The zero-order valence-electron chi connectivity index (χ0n) is 12.7. The second-order valence-corrected chi connectivity index (χ2v) is 5.05. The van der Waals surface area contributed by atoms with E-state index in [-0.39, 0.29) is 0 Å². The molecule has 3 heteroatoms. The smallest absolute Gasteiger partial charge is 0.113 e. The molecular weight excluding hydrogens is 258 g/mol. The first-order chi connectivity index (χ1) is 10.3. The monoisotopic (exact) mass is 277 g/mol. The molecular formula is C18H19N3. The van der Waals surface area contributed by atoms with Gasteiger partial charge in [-0.2, -0.15) is 0 Å². The van der Waals surface area contributed by atoms with E-state index in [1.54, 1.807) is 0 Å². The van der Waals surface area contributed by atoms with Gasteiger partial charge in [-0.1, -0.05) is 19.1 Å². The number of allylic oxidation sites excluding steroid dienone is 1. The Kier molecular flexibility index (Phi) is 3.57. The summed E-state index contributed by atoms with van der Waals surface area (Å²) in [5.74, 6) is 0. The van der Waals surface area contributed by atoms with Crippen molar-refractivity contribution in [1.29, 1.82) is 0 Å². The fraction of sp³-hybridized carbons (Fsp3) is 0.222. The van der Waals surface area contributed by atoms with Gasteiger partial charge < -0.3 is 4.57 Å². The van der Waals surface area contributed by atoms with Crippen molar-refractivity contribution >= 4 is 17.0 Å². The van der Waals surface area contributed by atoms with E-state index >= 15 is 0 Å². The van der Waals surface area contributed by atoms with Crippen molar-refractivity contribution in [3.8, 4) is 11.4 Å². The Balaban J connectivity index is 2.39. The summed E-state index contributed by atoms with van der Waals surface area (Å²) < 4.78 is 2.23. The van der Waals surface area contributed by atoms with E-state index in [2.05, 4.69) is 53.6 Å². The fourth-order valence-electron chi connectivity index (χ4n) is 2.93. The summed E-state index contributed by atoms with van der Waals surface area (Å²) in [6.45, 7) is 4.25. The molecule has 0 radical (unpaired) electrons. The lowest BCUT2D eigenvalue weighted by Crippen LogP contribution is -1.95. The molecule has 0 aliphatic carbocycles. The molecule has 21 heavy (non-hydrogen) atoms. The lowest BCUT2D eigenvalue weighted by molar-refractivity contribution is 0.936. The maximum absolute atomic E-state index is 4.58. The summed E-state index contributed by atoms with van der Waals surface area (Å²) in [6, 6.07) is 8.04. The number of nitrogens with zero attached hydrogens (tertiary/aromatic N) is 3. The number of fused-ring (bicyclic) bond motifs is 1. The lowest BCUT2D eigenvalue weighted by Gasteiger charge is -2.05. The van der Waals surface area contributed by atoms with Gasteiger partial charge in [-0.25, -0.2) is 0 Å². The third-order valence-electron chi connectivity index (χ3n) is 3.84. The summed E-state index contributed by atoms with van der Waals surface area (Å²) >= 11 is 0. The van der Waals surface area contributed by atoms with Gasteiger partial charge in [-0.15, -0.1) is 0 Å². The van der Waals surface area contributed by atoms with Crippen LogP contribution in [0.4, 0.5) is 0 Å². The van der Waals surface area contributed by atoms with Crippen molar-refractivity contribution in [2.75, 3.05) is 0 Å². The molecule has 0 amide bonds. The van der Waals surface area contributed by atoms with Crippen LogP contribution in [0.3, 0.4) is 0 Å². The second-order valence-electron chi connectivity index (χ2n) is 5.05. The maximum Gasteiger partial charge on any atom is 0.113 e. The van der Waals surface area contributed by atoms with E-state index < -0.39 is 0 Å². The standard InChI is InChI=1S/C18H19N3/c1-4-8-16-13(5-2)14-10-12-20-17(18(14)21(16)3)15-9-6-7-11-19-15/h4,6-12H,5H2,1-3H3/b8-4-. The molecule has 3 heterocycles. The van der Waals surface area contributed by atoms with Crippen LogP contribution in [0.15, 0.2) is 42.7 Å². The Morgan fingerprint density at radius 1 is 1.14 bits per heavy atom. The second kappa shape index (κ2) is 5.52. The first kappa shape index (κ1) is 13.6. The van der Waals surface area contributed by atoms with Gasteiger partial charge >= 0.3 is 0 Å². The van der Waals surface area contributed by atoms with Crippen LogP contribution in [-0.2, 0) is 13.5 Å². The Morgan fingerprint density at radius 3 is 2.67 bits per heavy atom. The van der Waals surface area contributed by atoms with Gasteiger partial charge in [0, 0.05) is 30.5 Å². The maximum atomic E-state index is 4.58. The van der Waals surface area contributed by atoms with Crippen LogP contribution in [0.5, 0.6) is 0 Å². The van der Waals surface area contributed by atoms with E-state index in [1.165, 1.54) is 16.6 Å². The molecule has 3 rings (SSSR count). The van der Waals surface area contributed by atoms with Crippen molar-refractivity contribution in [1.82, 2.24) is 14.5 Å². The number of rotatable bonds is 3. The summed E-state index contributed by atoms with van der Waals surface area (Å²) in [5.41, 5.74) is 5.63. The van der Waals surface area contributed by atoms with Gasteiger partial charge in [0.1, 0.15) is 5.69 Å². The van der Waals surface area contributed by atoms with Gasteiger partial charge in [-0.05, 0) is 43.2 Å². The van der Waals surface area contributed by atoms with Crippen LogP contribution in [0.2, 0.25) is 0 Å². The lowest BCUT2D eigenvalue weighted by atomic mass is 10.1. The number of hydrogen-bond donors (Lipinski definition) is 0. The molecule has 0 aliphatic rings. The minimum absolute atomic E-state index is 0.915. The highest BCUT2D eigenvalue weighted by molar-refractivity contribution is 5.96. The quantitative estimate of drug-likeness (QED) is 0.717. The highest BCUT2D eigenvalue weighted by atomic mass is 15.0. The molecule has 0 fully saturated rings.